The lowest BCUT2D eigenvalue weighted by Crippen LogP contribution is -2.25. The molecule has 0 unspecified atom stereocenters. The van der Waals surface area contributed by atoms with Gasteiger partial charge in [-0.15, -0.1) is 5.10 Å². The summed E-state index contributed by atoms with van der Waals surface area (Å²) in [7, 11) is 1.90. The van der Waals surface area contributed by atoms with E-state index >= 15 is 0 Å². The SMILES string of the molecule is Cn1ccc2nc(-c3ccc(CN)cc3)c(-c3ccccc3)cc2/c1=N/N=C/[C@@H](N)CO. The number of hydrogen-bond acceptors (Lipinski definition) is 6. The summed E-state index contributed by atoms with van der Waals surface area (Å²) >= 11 is 0. The summed E-state index contributed by atoms with van der Waals surface area (Å²) in [5, 5.41) is 18.4. The molecule has 4 aromatic rings. The van der Waals surface area contributed by atoms with Gasteiger partial charge in [0.15, 0.2) is 5.49 Å². The van der Waals surface area contributed by atoms with Crippen LogP contribution in [0.15, 0.2) is 83.1 Å². The van der Waals surface area contributed by atoms with Gasteiger partial charge >= 0.3 is 0 Å². The molecule has 0 saturated carbocycles. The van der Waals surface area contributed by atoms with Crippen molar-refractivity contribution in [2.24, 2.45) is 28.7 Å². The minimum absolute atomic E-state index is 0.188. The van der Waals surface area contributed by atoms with Gasteiger partial charge in [-0.2, -0.15) is 5.10 Å². The minimum Gasteiger partial charge on any atom is -0.394 e. The highest BCUT2D eigenvalue weighted by molar-refractivity contribution is 5.91. The largest absolute Gasteiger partial charge is 0.394 e. The predicted molar refractivity (Wildman–Crippen MR) is 129 cm³/mol. The summed E-state index contributed by atoms with van der Waals surface area (Å²) in [6.07, 6.45) is 3.33. The lowest BCUT2D eigenvalue weighted by atomic mass is 9.97. The van der Waals surface area contributed by atoms with Crippen molar-refractivity contribution in [1.82, 2.24) is 9.55 Å². The van der Waals surface area contributed by atoms with Gasteiger partial charge in [0.05, 0.1) is 23.9 Å². The van der Waals surface area contributed by atoms with Crippen LogP contribution >= 0.6 is 0 Å². The van der Waals surface area contributed by atoms with Crippen LogP contribution in [0.4, 0.5) is 0 Å². The van der Waals surface area contributed by atoms with Crippen LogP contribution in [0.3, 0.4) is 0 Å². The maximum absolute atomic E-state index is 9.11. The van der Waals surface area contributed by atoms with E-state index in [-0.39, 0.29) is 6.61 Å². The van der Waals surface area contributed by atoms with Crippen LogP contribution in [0.2, 0.25) is 0 Å². The Bertz CT molecular complexity index is 1310. The summed E-state index contributed by atoms with van der Waals surface area (Å²) < 4.78 is 1.89. The molecule has 162 valence electrons. The molecule has 2 aromatic carbocycles. The van der Waals surface area contributed by atoms with E-state index in [0.29, 0.717) is 12.0 Å². The van der Waals surface area contributed by atoms with Crippen molar-refractivity contribution in [2.75, 3.05) is 6.61 Å². The van der Waals surface area contributed by atoms with Gasteiger partial charge in [-0.3, -0.25) is 0 Å². The van der Waals surface area contributed by atoms with Crippen molar-refractivity contribution in [3.05, 3.63) is 84.0 Å². The van der Waals surface area contributed by atoms with Gasteiger partial charge in [0.1, 0.15) is 0 Å². The molecule has 0 fully saturated rings. The number of hydrogen-bond donors (Lipinski definition) is 3. The average Bonchev–Trinajstić information content (AvgIpc) is 2.85. The minimum atomic E-state index is -0.555. The first-order chi connectivity index (χ1) is 15.6. The van der Waals surface area contributed by atoms with Crippen molar-refractivity contribution in [3.63, 3.8) is 0 Å². The van der Waals surface area contributed by atoms with Gasteiger partial charge in [0, 0.05) is 42.5 Å². The molecular formula is C25H26N6O. The second-order valence-electron chi connectivity index (χ2n) is 7.55. The Morgan fingerprint density at radius 3 is 2.50 bits per heavy atom. The third kappa shape index (κ3) is 4.50. The number of aliphatic hydroxyl groups excluding tert-OH is 1. The predicted octanol–water partition coefficient (Wildman–Crippen LogP) is 2.57. The lowest BCUT2D eigenvalue weighted by molar-refractivity contribution is 0.291. The van der Waals surface area contributed by atoms with Crippen LogP contribution in [-0.4, -0.2) is 33.5 Å². The van der Waals surface area contributed by atoms with Crippen LogP contribution in [0.1, 0.15) is 5.56 Å². The Labute approximate surface area is 186 Å². The van der Waals surface area contributed by atoms with Crippen LogP contribution in [0, 0.1) is 0 Å². The number of rotatable bonds is 6. The number of aliphatic hydroxyl groups is 1. The summed E-state index contributed by atoms with van der Waals surface area (Å²) in [6, 6.07) is 21.8. The fraction of sp³-hybridized carbons (Fsp3) is 0.160. The van der Waals surface area contributed by atoms with Gasteiger partial charge in [-0.1, -0.05) is 54.6 Å². The Kier molecular flexibility index (Phi) is 6.51. The highest BCUT2D eigenvalue weighted by atomic mass is 16.3. The second kappa shape index (κ2) is 9.65. The van der Waals surface area contributed by atoms with E-state index < -0.39 is 6.04 Å². The molecule has 0 aliphatic heterocycles. The third-order valence-electron chi connectivity index (χ3n) is 5.25. The van der Waals surface area contributed by atoms with Crippen molar-refractivity contribution in [3.8, 4) is 22.4 Å². The average molecular weight is 427 g/mol. The fourth-order valence-corrected chi connectivity index (χ4v) is 3.48. The summed E-state index contributed by atoms with van der Waals surface area (Å²) in [4.78, 5) is 5.02. The van der Waals surface area contributed by atoms with Crippen molar-refractivity contribution >= 4 is 17.1 Å². The summed E-state index contributed by atoms with van der Waals surface area (Å²) in [6.45, 7) is 0.311. The molecule has 0 aliphatic rings. The van der Waals surface area contributed by atoms with Gasteiger partial charge in [-0.05, 0) is 23.3 Å². The molecule has 0 radical (unpaired) electrons. The first kappa shape index (κ1) is 21.6. The number of aryl methyl sites for hydroxylation is 1. The molecule has 5 N–H and O–H groups in total. The molecule has 4 rings (SSSR count). The molecule has 2 heterocycles. The van der Waals surface area contributed by atoms with Crippen LogP contribution in [0.25, 0.3) is 33.3 Å². The van der Waals surface area contributed by atoms with Crippen molar-refractivity contribution < 1.29 is 5.11 Å². The number of nitrogens with zero attached hydrogens (tertiary/aromatic N) is 4. The van der Waals surface area contributed by atoms with Crippen LogP contribution in [-0.2, 0) is 13.6 Å². The topological polar surface area (TPSA) is 115 Å². The van der Waals surface area contributed by atoms with E-state index in [1.807, 2.05) is 54.2 Å². The Morgan fingerprint density at radius 2 is 1.81 bits per heavy atom. The van der Waals surface area contributed by atoms with E-state index in [2.05, 4.69) is 40.5 Å². The zero-order valence-corrected chi connectivity index (χ0v) is 17.9. The standard InChI is InChI=1S/C25H26N6O/c1-31-12-11-23-22(25(31)30-28-15-20(27)16-32)13-21(18-5-3-2-4-6-18)24(29-23)19-9-7-17(14-26)8-10-19/h2-13,15,20,32H,14,16,26-27H2,1H3/b28-15+,30-25-/t20-/m1/s1. The molecule has 7 heteroatoms. The quantitative estimate of drug-likeness (QED) is 0.325. The molecule has 1 atom stereocenters. The van der Waals surface area contributed by atoms with E-state index in [1.165, 1.54) is 6.21 Å². The molecule has 0 saturated heterocycles. The second-order valence-corrected chi connectivity index (χ2v) is 7.55. The zero-order valence-electron chi connectivity index (χ0n) is 17.9. The molecule has 0 spiro atoms. The van der Waals surface area contributed by atoms with Crippen LogP contribution in [0.5, 0.6) is 0 Å². The first-order valence-corrected chi connectivity index (χ1v) is 10.4. The lowest BCUT2D eigenvalue weighted by Gasteiger charge is -2.13. The maximum Gasteiger partial charge on any atom is 0.164 e. The molecule has 0 aliphatic carbocycles. The summed E-state index contributed by atoms with van der Waals surface area (Å²) in [5.74, 6) is 0. The third-order valence-corrected chi connectivity index (χ3v) is 5.25. The molecular weight excluding hydrogens is 400 g/mol. The summed E-state index contributed by atoms with van der Waals surface area (Å²) in [5.41, 5.74) is 18.0. The smallest absolute Gasteiger partial charge is 0.164 e. The fourth-order valence-electron chi connectivity index (χ4n) is 3.48. The van der Waals surface area contributed by atoms with E-state index in [9.17, 15) is 0 Å². The maximum atomic E-state index is 9.11. The molecule has 0 amide bonds. The van der Waals surface area contributed by atoms with Crippen molar-refractivity contribution in [1.29, 1.82) is 0 Å². The Hall–Kier alpha value is -3.65. The van der Waals surface area contributed by atoms with Gasteiger partial charge < -0.3 is 21.1 Å². The highest BCUT2D eigenvalue weighted by Crippen LogP contribution is 2.32. The van der Waals surface area contributed by atoms with E-state index in [4.69, 9.17) is 21.6 Å². The number of aromatic nitrogens is 2. The number of nitrogens with two attached hydrogens (primary N) is 2. The monoisotopic (exact) mass is 426 g/mol. The van der Waals surface area contributed by atoms with Crippen LogP contribution < -0.4 is 17.0 Å². The molecule has 7 nitrogen and oxygen atoms in total. The number of fused-ring (bicyclic) bond motifs is 1. The van der Waals surface area contributed by atoms with Crippen molar-refractivity contribution in [2.45, 2.75) is 12.6 Å². The zero-order chi connectivity index (χ0) is 22.5. The highest BCUT2D eigenvalue weighted by Gasteiger charge is 2.13. The number of pyridine rings is 2. The van der Waals surface area contributed by atoms with E-state index in [1.54, 1.807) is 0 Å². The number of benzene rings is 2. The molecule has 32 heavy (non-hydrogen) atoms. The molecule has 0 bridgehead atoms. The van der Waals surface area contributed by atoms with Gasteiger partial charge in [0.25, 0.3) is 0 Å². The normalized spacial score (nSPS) is 13.2. The molecule has 2 aromatic heterocycles. The Balaban J connectivity index is 1.97. The Morgan fingerprint density at radius 1 is 1.06 bits per heavy atom. The van der Waals surface area contributed by atoms with Gasteiger partial charge in [0.2, 0.25) is 0 Å². The van der Waals surface area contributed by atoms with E-state index in [0.717, 1.165) is 38.9 Å². The first-order valence-electron chi connectivity index (χ1n) is 10.4. The van der Waals surface area contributed by atoms with Gasteiger partial charge in [-0.25, -0.2) is 4.98 Å².